The van der Waals surface area contributed by atoms with Gasteiger partial charge in [0.1, 0.15) is 6.04 Å². The minimum absolute atomic E-state index is 0.150. The summed E-state index contributed by atoms with van der Waals surface area (Å²) in [5.41, 5.74) is 9.83. The van der Waals surface area contributed by atoms with Gasteiger partial charge in [0.05, 0.1) is 6.04 Å². The number of benzene rings is 2. The molecule has 1 radical (unpaired) electrons. The number of fused-ring (bicyclic) bond motifs is 1. The van der Waals surface area contributed by atoms with Crippen LogP contribution in [0, 0.1) is 6.42 Å². The topological polar surface area (TPSA) is 69.9 Å². The quantitative estimate of drug-likeness (QED) is 0.870. The average molecular weight is 377 g/mol. The van der Waals surface area contributed by atoms with Crippen LogP contribution in [0.4, 0.5) is 10.5 Å². The molecule has 4 rings (SSSR count). The van der Waals surface area contributed by atoms with Gasteiger partial charge >= 0.3 is 6.03 Å². The Labute approximate surface area is 165 Å². The lowest BCUT2D eigenvalue weighted by Gasteiger charge is -2.23. The monoisotopic (exact) mass is 377 g/mol. The molecule has 2 aromatic rings. The van der Waals surface area contributed by atoms with E-state index in [2.05, 4.69) is 17.0 Å². The molecule has 6 heteroatoms. The SMILES string of the molecule is CN(C)Cc1ccccc1-c1ccc(N2C(=O)N3CC[CH][C@@H]3C2C(N)=O)cc1. The van der Waals surface area contributed by atoms with Crippen LogP contribution < -0.4 is 10.6 Å². The van der Waals surface area contributed by atoms with Crippen molar-refractivity contribution in [1.82, 2.24) is 9.80 Å². The summed E-state index contributed by atoms with van der Waals surface area (Å²) < 4.78 is 0. The largest absolute Gasteiger partial charge is 0.368 e. The summed E-state index contributed by atoms with van der Waals surface area (Å²) in [6.07, 6.45) is 2.81. The van der Waals surface area contributed by atoms with Gasteiger partial charge in [0, 0.05) is 18.8 Å². The number of nitrogens with two attached hydrogens (primary N) is 1. The fourth-order valence-corrected chi connectivity index (χ4v) is 4.24. The normalized spacial score (nSPS) is 21.5. The lowest BCUT2D eigenvalue weighted by molar-refractivity contribution is -0.119. The molecule has 0 spiro atoms. The second-order valence-electron chi connectivity index (χ2n) is 7.65. The molecule has 145 valence electrons. The molecule has 3 amide bonds. The number of carbonyl (C=O) groups excluding carboxylic acids is 2. The zero-order chi connectivity index (χ0) is 19.8. The van der Waals surface area contributed by atoms with Crippen LogP contribution in [0.25, 0.3) is 11.1 Å². The molecule has 2 aromatic carbocycles. The molecule has 2 aliphatic heterocycles. The molecule has 0 aliphatic carbocycles. The fraction of sp³-hybridized carbons (Fsp3) is 0.318. The van der Waals surface area contributed by atoms with E-state index >= 15 is 0 Å². The number of hydrogen-bond acceptors (Lipinski definition) is 3. The fourth-order valence-electron chi connectivity index (χ4n) is 4.24. The van der Waals surface area contributed by atoms with Gasteiger partial charge < -0.3 is 15.5 Å². The molecule has 28 heavy (non-hydrogen) atoms. The molecule has 2 saturated heterocycles. The van der Waals surface area contributed by atoms with Gasteiger partial charge in [-0.15, -0.1) is 0 Å². The maximum atomic E-state index is 12.9. The Morgan fingerprint density at radius 2 is 1.86 bits per heavy atom. The zero-order valence-electron chi connectivity index (χ0n) is 16.2. The number of hydrogen-bond donors (Lipinski definition) is 1. The highest BCUT2D eigenvalue weighted by Gasteiger charge is 2.51. The summed E-state index contributed by atoms with van der Waals surface area (Å²) in [5.74, 6) is -0.473. The maximum Gasteiger partial charge on any atom is 0.325 e. The van der Waals surface area contributed by atoms with E-state index in [-0.39, 0.29) is 12.1 Å². The Kier molecular flexibility index (Phi) is 4.81. The van der Waals surface area contributed by atoms with Crippen molar-refractivity contribution in [2.45, 2.75) is 25.0 Å². The Morgan fingerprint density at radius 3 is 2.54 bits per heavy atom. The van der Waals surface area contributed by atoms with Crippen LogP contribution in [0.15, 0.2) is 48.5 Å². The second-order valence-corrected chi connectivity index (χ2v) is 7.65. The first kappa shape index (κ1) is 18.5. The van der Waals surface area contributed by atoms with Crippen molar-refractivity contribution in [3.8, 4) is 11.1 Å². The Morgan fingerprint density at radius 1 is 1.14 bits per heavy atom. The van der Waals surface area contributed by atoms with E-state index in [0.29, 0.717) is 12.2 Å². The number of anilines is 1. The maximum absolute atomic E-state index is 12.9. The van der Waals surface area contributed by atoms with Gasteiger partial charge in [-0.1, -0.05) is 36.4 Å². The Hall–Kier alpha value is -2.86. The van der Waals surface area contributed by atoms with Crippen molar-refractivity contribution in [2.75, 3.05) is 25.5 Å². The molecular weight excluding hydrogens is 352 g/mol. The van der Waals surface area contributed by atoms with E-state index in [1.54, 1.807) is 4.90 Å². The van der Waals surface area contributed by atoms with Crippen molar-refractivity contribution < 1.29 is 9.59 Å². The summed E-state index contributed by atoms with van der Waals surface area (Å²) in [6, 6.07) is 15.1. The van der Waals surface area contributed by atoms with Gasteiger partial charge in [0.25, 0.3) is 0 Å². The molecule has 2 N–H and O–H groups in total. The molecule has 0 saturated carbocycles. The molecule has 1 unspecified atom stereocenters. The van der Waals surface area contributed by atoms with Crippen molar-refractivity contribution in [3.05, 3.63) is 60.5 Å². The molecule has 2 aliphatic rings. The number of carbonyl (C=O) groups is 2. The summed E-state index contributed by atoms with van der Waals surface area (Å²) >= 11 is 0. The van der Waals surface area contributed by atoms with Crippen LogP contribution in [0.3, 0.4) is 0 Å². The highest BCUT2D eigenvalue weighted by Crippen LogP contribution is 2.35. The molecule has 0 bridgehead atoms. The molecule has 2 atom stereocenters. The van der Waals surface area contributed by atoms with Crippen LogP contribution in [0.5, 0.6) is 0 Å². The van der Waals surface area contributed by atoms with E-state index in [1.165, 1.54) is 10.5 Å². The predicted molar refractivity (Wildman–Crippen MR) is 110 cm³/mol. The summed E-state index contributed by atoms with van der Waals surface area (Å²) in [4.78, 5) is 30.3. The molecular formula is C22H25N4O2. The van der Waals surface area contributed by atoms with Crippen LogP contribution in [-0.2, 0) is 11.3 Å². The third kappa shape index (κ3) is 3.14. The summed E-state index contributed by atoms with van der Waals surface area (Å²) in [6.45, 7) is 1.48. The highest BCUT2D eigenvalue weighted by atomic mass is 16.2. The Balaban J connectivity index is 1.65. The van der Waals surface area contributed by atoms with Gasteiger partial charge in [-0.25, -0.2) is 4.79 Å². The van der Waals surface area contributed by atoms with Crippen LogP contribution >= 0.6 is 0 Å². The standard InChI is InChI=1S/C22H25N4O2/c1-24(2)14-16-6-3-4-7-18(16)15-9-11-17(12-10-15)26-20(21(23)27)19-8-5-13-25(19)22(26)28/h3-4,6-12,19-20H,5,13-14H2,1-2H3,(H2,23,27)/t19-,20?/m1/s1. The highest BCUT2D eigenvalue weighted by molar-refractivity contribution is 6.04. The van der Waals surface area contributed by atoms with E-state index in [0.717, 1.165) is 24.1 Å². The van der Waals surface area contributed by atoms with Crippen LogP contribution in [0.1, 0.15) is 12.0 Å². The van der Waals surface area contributed by atoms with E-state index in [1.807, 2.05) is 56.9 Å². The number of amides is 3. The van der Waals surface area contributed by atoms with Crippen molar-refractivity contribution >= 4 is 17.6 Å². The molecule has 2 heterocycles. The lowest BCUT2D eigenvalue weighted by atomic mass is 9.98. The van der Waals surface area contributed by atoms with E-state index in [4.69, 9.17) is 5.73 Å². The summed E-state index contributed by atoms with van der Waals surface area (Å²) in [5, 5.41) is 0. The smallest absolute Gasteiger partial charge is 0.325 e. The van der Waals surface area contributed by atoms with Gasteiger partial charge in [-0.3, -0.25) is 9.69 Å². The van der Waals surface area contributed by atoms with Crippen LogP contribution in [-0.4, -0.2) is 54.5 Å². The van der Waals surface area contributed by atoms with Gasteiger partial charge in [0.15, 0.2) is 0 Å². The minimum atomic E-state index is -0.651. The van der Waals surface area contributed by atoms with Crippen molar-refractivity contribution in [3.63, 3.8) is 0 Å². The predicted octanol–water partition coefficient (Wildman–Crippen LogP) is 2.49. The van der Waals surface area contributed by atoms with E-state index in [9.17, 15) is 9.59 Å². The van der Waals surface area contributed by atoms with Crippen LogP contribution in [0.2, 0.25) is 0 Å². The molecule has 2 fully saturated rings. The van der Waals surface area contributed by atoms with Gasteiger partial charge in [-0.2, -0.15) is 0 Å². The van der Waals surface area contributed by atoms with Gasteiger partial charge in [-0.05, 0) is 55.8 Å². The van der Waals surface area contributed by atoms with E-state index < -0.39 is 11.9 Å². The van der Waals surface area contributed by atoms with Crippen molar-refractivity contribution in [1.29, 1.82) is 0 Å². The third-order valence-electron chi connectivity index (χ3n) is 5.44. The second kappa shape index (κ2) is 7.28. The molecule has 0 aromatic heterocycles. The number of primary amides is 1. The first-order valence-electron chi connectivity index (χ1n) is 9.53. The Bertz CT molecular complexity index is 894. The lowest BCUT2D eigenvalue weighted by Crippen LogP contribution is -2.46. The first-order chi connectivity index (χ1) is 13.5. The number of urea groups is 1. The molecule has 6 nitrogen and oxygen atoms in total. The summed E-state index contributed by atoms with van der Waals surface area (Å²) in [7, 11) is 4.10. The van der Waals surface area contributed by atoms with Gasteiger partial charge in [0.2, 0.25) is 5.91 Å². The van der Waals surface area contributed by atoms with Crippen molar-refractivity contribution in [2.24, 2.45) is 5.73 Å². The first-order valence-corrected chi connectivity index (χ1v) is 9.53. The minimum Gasteiger partial charge on any atom is -0.368 e. The average Bonchev–Trinajstić information content (AvgIpc) is 3.24. The zero-order valence-corrected chi connectivity index (χ0v) is 16.2. The third-order valence-corrected chi connectivity index (χ3v) is 5.44. The number of nitrogens with zero attached hydrogens (tertiary/aromatic N) is 3. The number of rotatable bonds is 5.